The molecule has 0 saturated carbocycles. The molecule has 18 heavy (non-hydrogen) atoms. The molecule has 0 aromatic carbocycles. The SMILES string of the molecule is CC(C)(C(=O)CCC1CCCO1)C1CCCNC1. The minimum atomic E-state index is -0.175. The van der Waals surface area contributed by atoms with Crippen LogP contribution in [0.5, 0.6) is 0 Å². The smallest absolute Gasteiger partial charge is 0.138 e. The molecule has 0 amide bonds. The van der Waals surface area contributed by atoms with Crippen LogP contribution < -0.4 is 5.32 Å². The van der Waals surface area contributed by atoms with Gasteiger partial charge in [0.1, 0.15) is 5.78 Å². The van der Waals surface area contributed by atoms with Gasteiger partial charge in [0.25, 0.3) is 0 Å². The van der Waals surface area contributed by atoms with Gasteiger partial charge in [0, 0.05) is 18.4 Å². The molecule has 2 atom stereocenters. The van der Waals surface area contributed by atoms with Crippen LogP contribution in [0.15, 0.2) is 0 Å². The van der Waals surface area contributed by atoms with Crippen molar-refractivity contribution in [2.45, 2.75) is 58.5 Å². The number of piperidine rings is 1. The normalized spacial score (nSPS) is 29.4. The molecule has 2 fully saturated rings. The molecule has 2 unspecified atom stereocenters. The quantitative estimate of drug-likeness (QED) is 0.818. The van der Waals surface area contributed by atoms with Gasteiger partial charge in [0.2, 0.25) is 0 Å². The van der Waals surface area contributed by atoms with E-state index in [1.165, 1.54) is 12.8 Å². The maximum absolute atomic E-state index is 12.4. The van der Waals surface area contributed by atoms with Gasteiger partial charge in [-0.2, -0.15) is 0 Å². The molecule has 0 aliphatic carbocycles. The van der Waals surface area contributed by atoms with Crippen molar-refractivity contribution in [3.05, 3.63) is 0 Å². The zero-order chi connectivity index (χ0) is 13.0. The lowest BCUT2D eigenvalue weighted by Gasteiger charge is -2.36. The number of ketones is 1. The molecule has 2 aliphatic heterocycles. The van der Waals surface area contributed by atoms with E-state index in [0.717, 1.165) is 39.0 Å². The van der Waals surface area contributed by atoms with Crippen LogP contribution in [0.1, 0.15) is 52.4 Å². The van der Waals surface area contributed by atoms with Gasteiger partial charge in [-0.25, -0.2) is 0 Å². The van der Waals surface area contributed by atoms with Crippen LogP contribution in [0.3, 0.4) is 0 Å². The molecule has 0 radical (unpaired) electrons. The molecule has 3 heteroatoms. The van der Waals surface area contributed by atoms with Crippen molar-refractivity contribution in [1.82, 2.24) is 5.32 Å². The average Bonchev–Trinajstić information content (AvgIpc) is 2.90. The summed E-state index contributed by atoms with van der Waals surface area (Å²) in [6, 6.07) is 0. The summed E-state index contributed by atoms with van der Waals surface area (Å²) in [5, 5.41) is 3.42. The molecule has 3 nitrogen and oxygen atoms in total. The third-order valence-corrected chi connectivity index (χ3v) is 4.75. The number of carbonyl (C=O) groups is 1. The number of nitrogens with one attached hydrogen (secondary N) is 1. The highest BCUT2D eigenvalue weighted by Gasteiger charge is 2.36. The van der Waals surface area contributed by atoms with E-state index in [0.29, 0.717) is 24.2 Å². The minimum absolute atomic E-state index is 0.175. The van der Waals surface area contributed by atoms with E-state index in [1.54, 1.807) is 0 Å². The largest absolute Gasteiger partial charge is 0.378 e. The second kappa shape index (κ2) is 6.16. The van der Waals surface area contributed by atoms with Crippen molar-refractivity contribution in [1.29, 1.82) is 0 Å². The molecule has 2 aliphatic rings. The molecule has 0 aromatic rings. The fraction of sp³-hybridized carbons (Fsp3) is 0.933. The third-order valence-electron chi connectivity index (χ3n) is 4.75. The van der Waals surface area contributed by atoms with Crippen LogP contribution >= 0.6 is 0 Å². The molecular formula is C15H27NO2. The van der Waals surface area contributed by atoms with E-state index in [9.17, 15) is 4.79 Å². The van der Waals surface area contributed by atoms with Crippen LogP contribution in [0.2, 0.25) is 0 Å². The first-order valence-corrected chi connectivity index (χ1v) is 7.46. The first-order chi connectivity index (χ1) is 8.60. The molecule has 2 saturated heterocycles. The summed E-state index contributed by atoms with van der Waals surface area (Å²) in [6.07, 6.45) is 6.64. The second-order valence-corrected chi connectivity index (χ2v) is 6.36. The summed E-state index contributed by atoms with van der Waals surface area (Å²) in [5.41, 5.74) is -0.175. The summed E-state index contributed by atoms with van der Waals surface area (Å²) in [4.78, 5) is 12.4. The van der Waals surface area contributed by atoms with E-state index in [1.807, 2.05) is 0 Å². The van der Waals surface area contributed by atoms with Gasteiger partial charge >= 0.3 is 0 Å². The first-order valence-electron chi connectivity index (χ1n) is 7.46. The van der Waals surface area contributed by atoms with Crippen molar-refractivity contribution in [2.75, 3.05) is 19.7 Å². The van der Waals surface area contributed by atoms with Crippen LogP contribution in [0.4, 0.5) is 0 Å². The van der Waals surface area contributed by atoms with E-state index in [-0.39, 0.29) is 5.41 Å². The van der Waals surface area contributed by atoms with Crippen molar-refractivity contribution in [3.63, 3.8) is 0 Å². The number of ether oxygens (including phenoxy) is 1. The summed E-state index contributed by atoms with van der Waals surface area (Å²) >= 11 is 0. The third kappa shape index (κ3) is 3.33. The van der Waals surface area contributed by atoms with Gasteiger partial charge in [-0.3, -0.25) is 4.79 Å². The molecule has 0 aromatic heterocycles. The summed E-state index contributed by atoms with van der Waals surface area (Å²) in [5.74, 6) is 0.926. The predicted octanol–water partition coefficient (Wildman–Crippen LogP) is 2.54. The molecule has 104 valence electrons. The van der Waals surface area contributed by atoms with Gasteiger partial charge in [-0.05, 0) is 51.1 Å². The topological polar surface area (TPSA) is 38.3 Å². The van der Waals surface area contributed by atoms with Gasteiger partial charge in [-0.1, -0.05) is 13.8 Å². The number of carbonyl (C=O) groups excluding carboxylic acids is 1. The number of hydrogen-bond acceptors (Lipinski definition) is 3. The zero-order valence-corrected chi connectivity index (χ0v) is 11.8. The Hall–Kier alpha value is -0.410. The van der Waals surface area contributed by atoms with E-state index in [2.05, 4.69) is 19.2 Å². The minimum Gasteiger partial charge on any atom is -0.378 e. The standard InChI is InChI=1S/C15H27NO2/c1-15(2,12-5-3-9-16-11-12)14(17)8-7-13-6-4-10-18-13/h12-13,16H,3-11H2,1-2H3. The fourth-order valence-electron chi connectivity index (χ4n) is 3.18. The van der Waals surface area contributed by atoms with E-state index in [4.69, 9.17) is 4.74 Å². The van der Waals surface area contributed by atoms with Crippen LogP contribution in [0.25, 0.3) is 0 Å². The Morgan fingerprint density at radius 3 is 2.78 bits per heavy atom. The molecule has 2 heterocycles. The summed E-state index contributed by atoms with van der Waals surface area (Å²) in [7, 11) is 0. The lowest BCUT2D eigenvalue weighted by Crippen LogP contribution is -2.42. The highest BCUT2D eigenvalue weighted by Crippen LogP contribution is 2.34. The molecule has 1 N–H and O–H groups in total. The van der Waals surface area contributed by atoms with Crippen LogP contribution in [-0.2, 0) is 9.53 Å². The van der Waals surface area contributed by atoms with Crippen molar-refractivity contribution >= 4 is 5.78 Å². The summed E-state index contributed by atoms with van der Waals surface area (Å²) < 4.78 is 5.60. The lowest BCUT2D eigenvalue weighted by molar-refractivity contribution is -0.130. The van der Waals surface area contributed by atoms with Gasteiger partial charge < -0.3 is 10.1 Å². The van der Waals surface area contributed by atoms with Gasteiger partial charge in [0.15, 0.2) is 0 Å². The highest BCUT2D eigenvalue weighted by molar-refractivity contribution is 5.84. The Morgan fingerprint density at radius 1 is 1.33 bits per heavy atom. The molecule has 2 rings (SSSR count). The maximum atomic E-state index is 12.4. The van der Waals surface area contributed by atoms with Crippen LogP contribution in [0, 0.1) is 11.3 Å². The monoisotopic (exact) mass is 253 g/mol. The number of rotatable bonds is 5. The lowest BCUT2D eigenvalue weighted by atomic mass is 9.71. The Bertz CT molecular complexity index is 276. The molecule has 0 spiro atoms. The molecular weight excluding hydrogens is 226 g/mol. The van der Waals surface area contributed by atoms with E-state index < -0.39 is 0 Å². The van der Waals surface area contributed by atoms with Crippen LogP contribution in [-0.4, -0.2) is 31.6 Å². The van der Waals surface area contributed by atoms with Crippen molar-refractivity contribution < 1.29 is 9.53 Å². The van der Waals surface area contributed by atoms with Gasteiger partial charge in [-0.15, -0.1) is 0 Å². The number of hydrogen-bond donors (Lipinski definition) is 1. The first kappa shape index (κ1) is 14.0. The second-order valence-electron chi connectivity index (χ2n) is 6.36. The Balaban J connectivity index is 1.81. The maximum Gasteiger partial charge on any atom is 0.138 e. The Kier molecular flexibility index (Phi) is 4.79. The zero-order valence-electron chi connectivity index (χ0n) is 11.8. The Morgan fingerprint density at radius 2 is 2.17 bits per heavy atom. The Labute approximate surface area is 111 Å². The van der Waals surface area contributed by atoms with Crippen molar-refractivity contribution in [2.24, 2.45) is 11.3 Å². The van der Waals surface area contributed by atoms with E-state index >= 15 is 0 Å². The van der Waals surface area contributed by atoms with Crippen molar-refractivity contribution in [3.8, 4) is 0 Å². The van der Waals surface area contributed by atoms with Gasteiger partial charge in [0.05, 0.1) is 6.10 Å². The molecule has 0 bridgehead atoms. The predicted molar refractivity (Wildman–Crippen MR) is 72.6 cm³/mol. The fourth-order valence-corrected chi connectivity index (χ4v) is 3.18. The number of Topliss-reactive ketones (excluding diaryl/α,β-unsaturated/α-hetero) is 1. The highest BCUT2D eigenvalue weighted by atomic mass is 16.5. The average molecular weight is 253 g/mol. The summed E-state index contributed by atoms with van der Waals surface area (Å²) in [6.45, 7) is 7.25.